The zero-order valence-electron chi connectivity index (χ0n) is 10.6. The molecule has 1 amide bonds. The lowest BCUT2D eigenvalue weighted by Crippen LogP contribution is -2.55. The number of piperidine rings is 1. The summed E-state index contributed by atoms with van der Waals surface area (Å²) >= 11 is 0. The summed E-state index contributed by atoms with van der Waals surface area (Å²) in [5.74, 6) is 0.685. The van der Waals surface area contributed by atoms with E-state index in [2.05, 4.69) is 11.9 Å². The van der Waals surface area contributed by atoms with Gasteiger partial charge in [0.2, 0.25) is 5.91 Å². The molecule has 2 atom stereocenters. The van der Waals surface area contributed by atoms with Crippen LogP contribution in [0.5, 0.6) is 0 Å². The summed E-state index contributed by atoms with van der Waals surface area (Å²) in [6, 6.07) is 0.0727. The molecule has 2 aliphatic heterocycles. The van der Waals surface area contributed by atoms with Crippen LogP contribution < -0.4 is 5.73 Å². The summed E-state index contributed by atoms with van der Waals surface area (Å²) in [6.07, 6.45) is 2.44. The standard InChI is InChI=1S/C12H23N3O2/c1-14-4-2-3-10(6-14)7-15-11(5-13)8-17-9-12(15)16/h10-11H,2-9,13H2,1H3. The van der Waals surface area contributed by atoms with Crippen molar-refractivity contribution in [2.75, 3.05) is 46.4 Å². The van der Waals surface area contributed by atoms with Crippen LogP contribution in [0, 0.1) is 5.92 Å². The second-order valence-corrected chi connectivity index (χ2v) is 5.22. The van der Waals surface area contributed by atoms with Crippen LogP contribution in [0.3, 0.4) is 0 Å². The van der Waals surface area contributed by atoms with Crippen molar-refractivity contribution in [2.45, 2.75) is 18.9 Å². The number of carbonyl (C=O) groups excluding carboxylic acids is 1. The van der Waals surface area contributed by atoms with E-state index in [1.54, 1.807) is 0 Å². The maximum Gasteiger partial charge on any atom is 0.248 e. The second kappa shape index (κ2) is 5.80. The molecule has 0 bridgehead atoms. The van der Waals surface area contributed by atoms with Crippen molar-refractivity contribution in [3.8, 4) is 0 Å². The van der Waals surface area contributed by atoms with Crippen molar-refractivity contribution in [2.24, 2.45) is 11.7 Å². The van der Waals surface area contributed by atoms with Crippen molar-refractivity contribution < 1.29 is 9.53 Å². The minimum Gasteiger partial charge on any atom is -0.369 e. The van der Waals surface area contributed by atoms with Crippen molar-refractivity contribution in [3.05, 3.63) is 0 Å². The molecular formula is C12H23N3O2. The first kappa shape index (κ1) is 12.8. The molecule has 2 unspecified atom stereocenters. The Morgan fingerprint density at radius 3 is 3.06 bits per heavy atom. The first-order valence-electron chi connectivity index (χ1n) is 6.46. The second-order valence-electron chi connectivity index (χ2n) is 5.22. The smallest absolute Gasteiger partial charge is 0.248 e. The van der Waals surface area contributed by atoms with Gasteiger partial charge in [0, 0.05) is 19.6 Å². The predicted molar refractivity (Wildman–Crippen MR) is 65.6 cm³/mol. The van der Waals surface area contributed by atoms with E-state index in [0.717, 1.165) is 13.1 Å². The van der Waals surface area contributed by atoms with E-state index in [9.17, 15) is 4.79 Å². The molecule has 2 heterocycles. The molecule has 2 fully saturated rings. The molecule has 0 aromatic carbocycles. The summed E-state index contributed by atoms with van der Waals surface area (Å²) in [5.41, 5.74) is 5.70. The Kier molecular flexibility index (Phi) is 4.36. The maximum atomic E-state index is 11.9. The molecule has 5 nitrogen and oxygen atoms in total. The Labute approximate surface area is 103 Å². The van der Waals surface area contributed by atoms with E-state index >= 15 is 0 Å². The van der Waals surface area contributed by atoms with E-state index in [1.807, 2.05) is 4.90 Å². The number of nitrogens with zero attached hydrogens (tertiary/aromatic N) is 2. The summed E-state index contributed by atoms with van der Waals surface area (Å²) in [7, 11) is 2.15. The number of rotatable bonds is 3. The monoisotopic (exact) mass is 241 g/mol. The third-order valence-electron chi connectivity index (χ3n) is 3.75. The predicted octanol–water partition coefficient (Wildman–Crippen LogP) is -0.486. The van der Waals surface area contributed by atoms with Gasteiger partial charge in [0.05, 0.1) is 12.6 Å². The zero-order chi connectivity index (χ0) is 12.3. The minimum atomic E-state index is 0.0727. The average molecular weight is 241 g/mol. The maximum absolute atomic E-state index is 11.9. The van der Waals surface area contributed by atoms with Gasteiger partial charge in [0.1, 0.15) is 6.61 Å². The number of nitrogens with two attached hydrogens (primary N) is 1. The van der Waals surface area contributed by atoms with Gasteiger partial charge in [-0.25, -0.2) is 0 Å². The molecule has 2 saturated heterocycles. The van der Waals surface area contributed by atoms with Gasteiger partial charge in [-0.3, -0.25) is 4.79 Å². The van der Waals surface area contributed by atoms with Gasteiger partial charge in [-0.2, -0.15) is 0 Å². The molecule has 2 rings (SSSR count). The van der Waals surface area contributed by atoms with E-state index in [1.165, 1.54) is 19.4 Å². The Morgan fingerprint density at radius 1 is 1.53 bits per heavy atom. The van der Waals surface area contributed by atoms with Gasteiger partial charge < -0.3 is 20.3 Å². The summed E-state index contributed by atoms with van der Waals surface area (Å²) in [4.78, 5) is 16.1. The number of amides is 1. The van der Waals surface area contributed by atoms with E-state index in [-0.39, 0.29) is 18.6 Å². The average Bonchev–Trinajstić information content (AvgIpc) is 2.32. The number of hydrogen-bond acceptors (Lipinski definition) is 4. The molecule has 0 spiro atoms. The van der Waals surface area contributed by atoms with Gasteiger partial charge in [0.15, 0.2) is 0 Å². The van der Waals surface area contributed by atoms with Crippen molar-refractivity contribution in [3.63, 3.8) is 0 Å². The van der Waals surface area contributed by atoms with Gasteiger partial charge in [0.25, 0.3) is 0 Å². The van der Waals surface area contributed by atoms with Crippen molar-refractivity contribution >= 4 is 5.91 Å². The quantitative estimate of drug-likeness (QED) is 0.724. The van der Waals surface area contributed by atoms with Crippen LogP contribution in [-0.4, -0.2) is 68.2 Å². The number of ether oxygens (including phenoxy) is 1. The molecule has 0 aromatic heterocycles. The third kappa shape index (κ3) is 3.18. The van der Waals surface area contributed by atoms with Crippen LogP contribution in [0.25, 0.3) is 0 Å². The molecular weight excluding hydrogens is 218 g/mol. The number of morpholine rings is 1. The fraction of sp³-hybridized carbons (Fsp3) is 0.917. The zero-order valence-corrected chi connectivity index (χ0v) is 10.6. The van der Waals surface area contributed by atoms with E-state index in [0.29, 0.717) is 19.1 Å². The first-order valence-corrected chi connectivity index (χ1v) is 6.46. The number of carbonyl (C=O) groups is 1. The highest BCUT2D eigenvalue weighted by molar-refractivity contribution is 5.78. The normalized spacial score (nSPS) is 31.9. The van der Waals surface area contributed by atoms with Gasteiger partial charge >= 0.3 is 0 Å². The highest BCUT2D eigenvalue weighted by Crippen LogP contribution is 2.19. The van der Waals surface area contributed by atoms with Gasteiger partial charge in [-0.05, 0) is 32.4 Å². The molecule has 98 valence electrons. The fourth-order valence-corrected chi connectivity index (χ4v) is 2.81. The summed E-state index contributed by atoms with van der Waals surface area (Å²) in [5, 5.41) is 0. The third-order valence-corrected chi connectivity index (χ3v) is 3.75. The number of hydrogen-bond donors (Lipinski definition) is 1. The molecule has 0 radical (unpaired) electrons. The fourth-order valence-electron chi connectivity index (χ4n) is 2.81. The lowest BCUT2D eigenvalue weighted by molar-refractivity contribution is -0.148. The van der Waals surface area contributed by atoms with Crippen molar-refractivity contribution in [1.29, 1.82) is 0 Å². The molecule has 17 heavy (non-hydrogen) atoms. The Bertz CT molecular complexity index is 272. The Balaban J connectivity index is 1.92. The van der Waals surface area contributed by atoms with Gasteiger partial charge in [-0.15, -0.1) is 0 Å². The minimum absolute atomic E-state index is 0.0727. The lowest BCUT2D eigenvalue weighted by atomic mass is 9.97. The van der Waals surface area contributed by atoms with Crippen LogP contribution in [0.1, 0.15) is 12.8 Å². The SMILES string of the molecule is CN1CCCC(CN2C(=O)COCC2CN)C1. The lowest BCUT2D eigenvalue weighted by Gasteiger charge is -2.39. The molecule has 0 aliphatic carbocycles. The van der Waals surface area contributed by atoms with Crippen LogP contribution in [0.4, 0.5) is 0 Å². The van der Waals surface area contributed by atoms with Crippen molar-refractivity contribution in [1.82, 2.24) is 9.80 Å². The molecule has 2 N–H and O–H groups in total. The van der Waals surface area contributed by atoms with Gasteiger partial charge in [-0.1, -0.05) is 0 Å². The van der Waals surface area contributed by atoms with Crippen LogP contribution in [0.2, 0.25) is 0 Å². The topological polar surface area (TPSA) is 58.8 Å². The van der Waals surface area contributed by atoms with E-state index in [4.69, 9.17) is 10.5 Å². The number of likely N-dealkylation sites (tertiary alicyclic amines) is 1. The Hall–Kier alpha value is -0.650. The largest absolute Gasteiger partial charge is 0.369 e. The first-order chi connectivity index (χ1) is 8.20. The molecule has 0 aromatic rings. The van der Waals surface area contributed by atoms with Crippen LogP contribution >= 0.6 is 0 Å². The molecule has 0 saturated carbocycles. The van der Waals surface area contributed by atoms with Crippen LogP contribution in [0.15, 0.2) is 0 Å². The van der Waals surface area contributed by atoms with Crippen LogP contribution in [-0.2, 0) is 9.53 Å². The van der Waals surface area contributed by atoms with E-state index < -0.39 is 0 Å². The summed E-state index contributed by atoms with van der Waals surface area (Å²) in [6.45, 7) is 4.41. The highest BCUT2D eigenvalue weighted by atomic mass is 16.5. The highest BCUT2D eigenvalue weighted by Gasteiger charge is 2.30. The molecule has 5 heteroatoms. The Morgan fingerprint density at radius 2 is 2.35 bits per heavy atom. The molecule has 2 aliphatic rings. The summed E-state index contributed by atoms with van der Waals surface area (Å²) < 4.78 is 5.24.